The smallest absolute Gasteiger partial charge is 0.452 e. The summed E-state index contributed by atoms with van der Waals surface area (Å²) in [5.74, 6) is -2.72. The number of rotatable bonds is 11. The monoisotopic (exact) mass is 620 g/mol. The van der Waals surface area contributed by atoms with Crippen LogP contribution in [0.25, 0.3) is 0 Å². The van der Waals surface area contributed by atoms with Crippen LogP contribution >= 0.6 is 35.0 Å². The summed E-state index contributed by atoms with van der Waals surface area (Å²) in [5.41, 5.74) is 0.994. The number of ketones is 1. The lowest BCUT2D eigenvalue weighted by atomic mass is 9.98. The predicted molar refractivity (Wildman–Crippen MR) is 148 cm³/mol. The number of alkyl halides is 3. The predicted octanol–water partition coefficient (Wildman–Crippen LogP) is 5.56. The van der Waals surface area contributed by atoms with Gasteiger partial charge in [0.2, 0.25) is 5.91 Å². The average molecular weight is 622 g/mol. The maximum Gasteiger partial charge on any atom is 0.452 e. The van der Waals surface area contributed by atoms with Crippen LogP contribution < -0.4 is 14.8 Å². The molecule has 7 nitrogen and oxygen atoms in total. The molecule has 1 saturated heterocycles. The Morgan fingerprint density at radius 2 is 1.70 bits per heavy atom. The summed E-state index contributed by atoms with van der Waals surface area (Å²) in [6.45, 7) is 2.52. The first-order valence-corrected chi connectivity index (χ1v) is 14.1. The highest BCUT2D eigenvalue weighted by Crippen LogP contribution is 2.32. The maximum atomic E-state index is 13.2. The van der Waals surface area contributed by atoms with E-state index in [9.17, 15) is 27.6 Å². The standard InChI is InChI=1S/C27H29Cl2F3N2O5S/c1-15(2)24(25(36)27(30,31)32)33-26(37)22-11-21(40-14-16-4-6-19(38-3)7-5-16)12-34(22)23(35)13-39-20-9-17(28)8-18(29)10-20/h4-10,15,21-22,24H,11-14H2,1-3H3,(H,33,37)/t21-,22+,24?/m1/s1. The molecule has 3 rings (SSSR count). The van der Waals surface area contributed by atoms with E-state index in [0.717, 1.165) is 5.56 Å². The summed E-state index contributed by atoms with van der Waals surface area (Å²) in [7, 11) is 1.57. The number of Topliss-reactive ketones (excluding diaryl/α,β-unsaturated/α-hetero) is 1. The molecular formula is C27H29Cl2F3N2O5S. The van der Waals surface area contributed by atoms with Gasteiger partial charge in [-0.15, -0.1) is 0 Å². The third-order valence-corrected chi connectivity index (χ3v) is 8.00. The molecule has 1 heterocycles. The Balaban J connectivity index is 1.75. The zero-order valence-corrected chi connectivity index (χ0v) is 24.3. The van der Waals surface area contributed by atoms with Crippen molar-refractivity contribution in [1.29, 1.82) is 0 Å². The lowest BCUT2D eigenvalue weighted by molar-refractivity contribution is -0.175. The van der Waals surface area contributed by atoms with E-state index in [2.05, 4.69) is 5.32 Å². The van der Waals surface area contributed by atoms with Gasteiger partial charge in [0.15, 0.2) is 6.61 Å². The molecule has 0 saturated carbocycles. The molecule has 0 spiro atoms. The van der Waals surface area contributed by atoms with Gasteiger partial charge in [0.25, 0.3) is 11.7 Å². The number of hydrogen-bond donors (Lipinski definition) is 1. The first-order chi connectivity index (χ1) is 18.8. The van der Waals surface area contributed by atoms with Crippen molar-refractivity contribution < 1.29 is 37.0 Å². The molecule has 13 heteroatoms. The van der Waals surface area contributed by atoms with Crippen molar-refractivity contribution in [3.8, 4) is 11.5 Å². The number of carbonyl (C=O) groups excluding carboxylic acids is 3. The topological polar surface area (TPSA) is 84.9 Å². The first-order valence-electron chi connectivity index (χ1n) is 12.3. The molecule has 1 aliphatic rings. The van der Waals surface area contributed by atoms with Gasteiger partial charge in [0.1, 0.15) is 17.5 Å². The van der Waals surface area contributed by atoms with Crippen molar-refractivity contribution in [2.75, 3.05) is 20.3 Å². The molecule has 2 amide bonds. The molecule has 1 unspecified atom stereocenters. The Hall–Kier alpha value is -2.63. The molecule has 0 aliphatic carbocycles. The number of hydrogen-bond acceptors (Lipinski definition) is 6. The molecule has 1 fully saturated rings. The molecule has 0 bridgehead atoms. The third kappa shape index (κ3) is 8.68. The normalized spacial score (nSPS) is 18.0. The van der Waals surface area contributed by atoms with E-state index < -0.39 is 48.4 Å². The zero-order chi connectivity index (χ0) is 29.6. The largest absolute Gasteiger partial charge is 0.497 e. The summed E-state index contributed by atoms with van der Waals surface area (Å²) in [5, 5.41) is 2.65. The average Bonchev–Trinajstić information content (AvgIpc) is 3.32. The number of carbonyl (C=O) groups is 3. The van der Waals surface area contributed by atoms with Gasteiger partial charge in [-0.3, -0.25) is 14.4 Å². The lowest BCUT2D eigenvalue weighted by Gasteiger charge is -2.28. The Labute approximate surface area is 244 Å². The molecule has 218 valence electrons. The van der Waals surface area contributed by atoms with Crippen molar-refractivity contribution in [3.05, 3.63) is 58.1 Å². The van der Waals surface area contributed by atoms with Crippen molar-refractivity contribution in [2.24, 2.45) is 5.92 Å². The Kier molecular flexibility index (Phi) is 11.0. The number of thioether (sulfide) groups is 1. The quantitative estimate of drug-likeness (QED) is 0.354. The molecule has 40 heavy (non-hydrogen) atoms. The van der Waals surface area contributed by atoms with E-state index in [1.165, 1.54) is 48.7 Å². The van der Waals surface area contributed by atoms with Crippen LogP contribution in [0.4, 0.5) is 13.2 Å². The number of methoxy groups -OCH3 is 1. The van der Waals surface area contributed by atoms with Gasteiger partial charge in [-0.1, -0.05) is 49.2 Å². The Morgan fingerprint density at radius 3 is 2.25 bits per heavy atom. The molecule has 1 aliphatic heterocycles. The van der Waals surface area contributed by atoms with E-state index >= 15 is 0 Å². The van der Waals surface area contributed by atoms with Crippen LogP contribution in [0.5, 0.6) is 11.5 Å². The molecule has 0 aromatic heterocycles. The fourth-order valence-corrected chi connectivity index (χ4v) is 5.89. The second kappa shape index (κ2) is 13.8. The van der Waals surface area contributed by atoms with Crippen LogP contribution in [0.2, 0.25) is 10.0 Å². The van der Waals surface area contributed by atoms with Crippen LogP contribution in [-0.4, -0.2) is 66.3 Å². The minimum atomic E-state index is -5.11. The van der Waals surface area contributed by atoms with E-state index in [0.29, 0.717) is 21.5 Å². The van der Waals surface area contributed by atoms with Gasteiger partial charge in [0, 0.05) is 27.6 Å². The number of ether oxygens (including phenoxy) is 2. The van der Waals surface area contributed by atoms with Gasteiger partial charge < -0.3 is 19.7 Å². The molecule has 2 aromatic rings. The maximum absolute atomic E-state index is 13.2. The van der Waals surface area contributed by atoms with Crippen molar-refractivity contribution >= 4 is 52.6 Å². The lowest BCUT2D eigenvalue weighted by Crippen LogP contribution is -2.55. The van der Waals surface area contributed by atoms with Gasteiger partial charge in [-0.25, -0.2) is 0 Å². The number of benzene rings is 2. The van der Waals surface area contributed by atoms with Gasteiger partial charge in [0.05, 0.1) is 13.2 Å². The van der Waals surface area contributed by atoms with Gasteiger partial charge >= 0.3 is 6.18 Å². The number of nitrogens with one attached hydrogen (secondary N) is 1. The van der Waals surface area contributed by atoms with E-state index in [4.69, 9.17) is 32.7 Å². The van der Waals surface area contributed by atoms with E-state index in [1.54, 1.807) is 7.11 Å². The highest BCUT2D eigenvalue weighted by Gasteiger charge is 2.47. The fourth-order valence-electron chi connectivity index (χ4n) is 4.18. The van der Waals surface area contributed by atoms with Crippen molar-refractivity contribution in [2.45, 2.75) is 49.5 Å². The Bertz CT molecular complexity index is 1190. The van der Waals surface area contributed by atoms with Crippen LogP contribution in [0.15, 0.2) is 42.5 Å². The zero-order valence-electron chi connectivity index (χ0n) is 22.0. The molecular weight excluding hydrogens is 592 g/mol. The molecule has 0 radical (unpaired) electrons. The van der Waals surface area contributed by atoms with Crippen LogP contribution in [0.3, 0.4) is 0 Å². The van der Waals surface area contributed by atoms with Crippen molar-refractivity contribution in [1.82, 2.24) is 10.2 Å². The van der Waals surface area contributed by atoms with Crippen LogP contribution in [-0.2, 0) is 20.1 Å². The second-order valence-corrected chi connectivity index (χ2v) is 11.7. The van der Waals surface area contributed by atoms with Crippen LogP contribution in [0, 0.1) is 5.92 Å². The summed E-state index contributed by atoms with van der Waals surface area (Å²) >= 11 is 13.5. The fraction of sp³-hybridized carbons (Fsp3) is 0.444. The summed E-state index contributed by atoms with van der Waals surface area (Å²) in [6.07, 6.45) is -4.93. The number of likely N-dealkylation sites (tertiary alicyclic amines) is 1. The van der Waals surface area contributed by atoms with E-state index in [1.807, 2.05) is 24.3 Å². The summed E-state index contributed by atoms with van der Waals surface area (Å²) < 4.78 is 50.2. The highest BCUT2D eigenvalue weighted by molar-refractivity contribution is 7.99. The van der Waals surface area contributed by atoms with Gasteiger partial charge in [-0.05, 0) is 48.2 Å². The minimum Gasteiger partial charge on any atom is -0.497 e. The highest BCUT2D eigenvalue weighted by atomic mass is 35.5. The van der Waals surface area contributed by atoms with E-state index in [-0.39, 0.29) is 24.0 Å². The minimum absolute atomic E-state index is 0.164. The Morgan fingerprint density at radius 1 is 1.07 bits per heavy atom. The number of amides is 2. The first kappa shape index (κ1) is 31.9. The number of halogens is 5. The summed E-state index contributed by atoms with van der Waals surface area (Å²) in [4.78, 5) is 39.7. The van der Waals surface area contributed by atoms with Crippen LogP contribution in [0.1, 0.15) is 25.8 Å². The number of nitrogens with zero attached hydrogens (tertiary/aromatic N) is 1. The SMILES string of the molecule is COc1ccc(CS[C@@H]2C[C@@H](C(=O)NC(C(=O)C(F)(F)F)C(C)C)N(C(=O)COc3cc(Cl)cc(Cl)c3)C2)cc1. The van der Waals surface area contributed by atoms with Gasteiger partial charge in [-0.2, -0.15) is 24.9 Å². The molecule has 1 N–H and O–H groups in total. The molecule has 3 atom stereocenters. The third-order valence-electron chi connectivity index (χ3n) is 6.26. The second-order valence-electron chi connectivity index (χ2n) is 9.56. The van der Waals surface area contributed by atoms with Crippen molar-refractivity contribution in [3.63, 3.8) is 0 Å². The molecule has 2 aromatic carbocycles. The summed E-state index contributed by atoms with van der Waals surface area (Å²) in [6, 6.07) is 9.00.